The first kappa shape index (κ1) is 29.3. The highest BCUT2D eigenvalue weighted by molar-refractivity contribution is 6.77. The lowest BCUT2D eigenvalue weighted by atomic mass is 10.0. The van der Waals surface area contributed by atoms with Gasteiger partial charge in [-0.1, -0.05) is 77.9 Å². The smallest absolute Gasteiger partial charge is 0.229 e. The fourth-order valence-corrected chi connectivity index (χ4v) is 11.9. The van der Waals surface area contributed by atoms with E-state index in [1.807, 2.05) is 17.2 Å². The van der Waals surface area contributed by atoms with Crippen molar-refractivity contribution < 1.29 is 9.16 Å². The minimum Gasteiger partial charge on any atom is -0.416 e. The molecule has 1 atom stereocenters. The van der Waals surface area contributed by atoms with Gasteiger partial charge in [0.2, 0.25) is 5.79 Å². The van der Waals surface area contributed by atoms with Crippen molar-refractivity contribution in [1.82, 2.24) is 15.1 Å². The van der Waals surface area contributed by atoms with Gasteiger partial charge in [0.25, 0.3) is 0 Å². The molecule has 4 rings (SSSR count). The molecule has 39 heavy (non-hydrogen) atoms. The molecule has 2 aliphatic rings. The fraction of sp³-hybridized carbons (Fsp3) is 0.516. The second kappa shape index (κ2) is 12.2. The molecule has 0 fully saturated rings. The third kappa shape index (κ3) is 5.94. The SMILES string of the molecule is COCN1C=CC(c2ccc3ccccc3c2)=NC1(N)C1=CN(CCCO[Si](C(C)C)(C(C)C)C(C)C)CN1. The Hall–Kier alpha value is -2.65. The van der Waals surface area contributed by atoms with E-state index < -0.39 is 14.1 Å². The molecule has 0 radical (unpaired) electrons. The summed E-state index contributed by atoms with van der Waals surface area (Å²) in [7, 11) is -0.173. The first-order valence-corrected chi connectivity index (χ1v) is 16.4. The van der Waals surface area contributed by atoms with Crippen LogP contribution >= 0.6 is 0 Å². The average Bonchev–Trinajstić information content (AvgIpc) is 3.39. The van der Waals surface area contributed by atoms with Crippen molar-refractivity contribution in [2.45, 2.75) is 70.4 Å². The Labute approximate surface area is 235 Å². The molecule has 0 saturated carbocycles. The average molecular weight is 550 g/mol. The molecule has 2 aliphatic heterocycles. The van der Waals surface area contributed by atoms with Gasteiger partial charge in [-0.3, -0.25) is 5.73 Å². The minimum atomic E-state index is -1.85. The highest BCUT2D eigenvalue weighted by Crippen LogP contribution is 2.42. The van der Waals surface area contributed by atoms with Crippen molar-refractivity contribution in [3.8, 4) is 0 Å². The number of hydrogen-bond acceptors (Lipinski definition) is 7. The number of hydrogen-bond donors (Lipinski definition) is 2. The number of rotatable bonds is 12. The minimum absolute atomic E-state index is 0.334. The lowest BCUT2D eigenvalue weighted by Gasteiger charge is -2.42. The molecule has 1 unspecified atom stereocenters. The molecule has 0 bridgehead atoms. The maximum absolute atomic E-state index is 7.04. The molecule has 0 spiro atoms. The van der Waals surface area contributed by atoms with Crippen LogP contribution in [-0.4, -0.2) is 63.3 Å². The van der Waals surface area contributed by atoms with Crippen LogP contribution in [0.4, 0.5) is 0 Å². The Balaban J connectivity index is 1.49. The van der Waals surface area contributed by atoms with E-state index in [9.17, 15) is 0 Å². The van der Waals surface area contributed by atoms with Crippen LogP contribution < -0.4 is 11.1 Å². The summed E-state index contributed by atoms with van der Waals surface area (Å²) in [4.78, 5) is 9.27. The molecule has 0 aliphatic carbocycles. The summed E-state index contributed by atoms with van der Waals surface area (Å²) in [6.45, 7) is 16.7. The van der Waals surface area contributed by atoms with Crippen molar-refractivity contribution in [3.63, 3.8) is 0 Å². The molecule has 0 aromatic heterocycles. The Morgan fingerprint density at radius 2 is 1.72 bits per heavy atom. The van der Waals surface area contributed by atoms with Crippen LogP contribution in [0.3, 0.4) is 0 Å². The number of ether oxygens (including phenoxy) is 1. The normalized spacial score (nSPS) is 19.9. The monoisotopic (exact) mass is 549 g/mol. The zero-order valence-electron chi connectivity index (χ0n) is 24.8. The first-order valence-electron chi connectivity index (χ1n) is 14.3. The molecule has 2 aromatic rings. The van der Waals surface area contributed by atoms with Gasteiger partial charge in [-0.05, 0) is 46.0 Å². The zero-order valence-corrected chi connectivity index (χ0v) is 25.8. The Bertz CT molecular complexity index is 1200. The summed E-state index contributed by atoms with van der Waals surface area (Å²) in [6, 6.07) is 14.8. The van der Waals surface area contributed by atoms with Gasteiger partial charge in [0.1, 0.15) is 6.73 Å². The van der Waals surface area contributed by atoms with E-state index in [1.54, 1.807) is 7.11 Å². The largest absolute Gasteiger partial charge is 0.416 e. The third-order valence-electron chi connectivity index (χ3n) is 8.28. The molecular weight excluding hydrogens is 502 g/mol. The molecule has 0 amide bonds. The van der Waals surface area contributed by atoms with E-state index in [0.29, 0.717) is 30.0 Å². The lowest BCUT2D eigenvalue weighted by molar-refractivity contribution is 0.0378. The second-order valence-electron chi connectivity index (χ2n) is 11.7. The van der Waals surface area contributed by atoms with Crippen LogP contribution in [0.25, 0.3) is 10.8 Å². The Morgan fingerprint density at radius 1 is 1.03 bits per heavy atom. The lowest BCUT2D eigenvalue weighted by Crippen LogP contribution is -2.58. The van der Waals surface area contributed by atoms with Crippen LogP contribution in [0.1, 0.15) is 53.5 Å². The number of fused-ring (bicyclic) bond motifs is 1. The van der Waals surface area contributed by atoms with E-state index in [2.05, 4.69) is 100 Å². The number of aliphatic imine (C=N–C) groups is 1. The predicted octanol–water partition coefficient (Wildman–Crippen LogP) is 5.96. The van der Waals surface area contributed by atoms with Gasteiger partial charge in [-0.2, -0.15) is 0 Å². The van der Waals surface area contributed by atoms with Gasteiger partial charge >= 0.3 is 0 Å². The van der Waals surface area contributed by atoms with Crippen LogP contribution in [0.15, 0.2) is 71.6 Å². The van der Waals surface area contributed by atoms with E-state index in [1.165, 1.54) is 10.8 Å². The van der Waals surface area contributed by atoms with Crippen molar-refractivity contribution in [2.75, 3.05) is 33.7 Å². The van der Waals surface area contributed by atoms with E-state index in [0.717, 1.165) is 36.5 Å². The molecule has 7 nitrogen and oxygen atoms in total. The first-order chi connectivity index (χ1) is 18.6. The van der Waals surface area contributed by atoms with Crippen molar-refractivity contribution >= 4 is 24.8 Å². The molecule has 212 valence electrons. The predicted molar refractivity (Wildman–Crippen MR) is 165 cm³/mol. The summed E-state index contributed by atoms with van der Waals surface area (Å²) in [6.07, 6.45) is 7.07. The standard InChI is InChI=1S/C31H47N5O2Si/c1-23(2)39(24(3)4,25(5)6)38-18-10-16-35-20-30(33-21-35)31(32)34-29(15-17-36(31)22-37-7)28-14-13-26-11-8-9-12-27(26)19-28/h8-9,11-15,17,19-20,23-25,33H,10,16,18,21-22,32H2,1-7H3. The topological polar surface area (TPSA) is 75.3 Å². The molecule has 2 heterocycles. The highest BCUT2D eigenvalue weighted by Gasteiger charge is 2.45. The number of benzene rings is 2. The van der Waals surface area contributed by atoms with Gasteiger partial charge in [-0.25, -0.2) is 4.99 Å². The number of nitrogens with two attached hydrogens (primary N) is 1. The number of allylic oxidation sites excluding steroid dienone is 1. The number of nitrogens with one attached hydrogen (secondary N) is 1. The van der Waals surface area contributed by atoms with Crippen LogP contribution in [0.5, 0.6) is 0 Å². The molecule has 8 heteroatoms. The summed E-state index contributed by atoms with van der Waals surface area (Å²) >= 11 is 0. The van der Waals surface area contributed by atoms with Gasteiger partial charge in [0.15, 0.2) is 8.32 Å². The third-order valence-corrected chi connectivity index (χ3v) is 14.4. The van der Waals surface area contributed by atoms with Crippen molar-refractivity contribution in [3.05, 3.63) is 72.2 Å². The fourth-order valence-electron chi connectivity index (χ4n) is 6.41. The maximum Gasteiger partial charge on any atom is 0.229 e. The molecule has 3 N–H and O–H groups in total. The van der Waals surface area contributed by atoms with Crippen LogP contribution in [-0.2, 0) is 9.16 Å². The van der Waals surface area contributed by atoms with Crippen molar-refractivity contribution in [2.24, 2.45) is 10.7 Å². The molecule has 0 saturated heterocycles. The summed E-state index contributed by atoms with van der Waals surface area (Å²) in [5, 5.41) is 5.90. The van der Waals surface area contributed by atoms with Crippen LogP contribution in [0, 0.1) is 0 Å². The molecule has 2 aromatic carbocycles. The number of nitrogens with zero attached hydrogens (tertiary/aromatic N) is 3. The van der Waals surface area contributed by atoms with Crippen LogP contribution in [0.2, 0.25) is 16.6 Å². The van der Waals surface area contributed by atoms with E-state index in [4.69, 9.17) is 19.9 Å². The second-order valence-corrected chi connectivity index (χ2v) is 17.2. The summed E-state index contributed by atoms with van der Waals surface area (Å²) < 4.78 is 12.2. The summed E-state index contributed by atoms with van der Waals surface area (Å²) in [5.74, 6) is -1.09. The Morgan fingerprint density at radius 3 is 2.38 bits per heavy atom. The van der Waals surface area contributed by atoms with Crippen molar-refractivity contribution in [1.29, 1.82) is 0 Å². The van der Waals surface area contributed by atoms with Gasteiger partial charge in [0, 0.05) is 38.2 Å². The highest BCUT2D eigenvalue weighted by atomic mass is 28.4. The van der Waals surface area contributed by atoms with Gasteiger partial charge in [0.05, 0.1) is 18.1 Å². The van der Waals surface area contributed by atoms with E-state index >= 15 is 0 Å². The van der Waals surface area contributed by atoms with E-state index in [-0.39, 0.29) is 0 Å². The van der Waals surface area contributed by atoms with Gasteiger partial charge in [-0.15, -0.1) is 0 Å². The quantitative estimate of drug-likeness (QED) is 0.251. The summed E-state index contributed by atoms with van der Waals surface area (Å²) in [5.41, 5.74) is 11.6. The molecular formula is C31H47N5O2Si. The zero-order chi connectivity index (χ0) is 28.2. The number of methoxy groups -OCH3 is 1. The maximum atomic E-state index is 7.04. The Kier molecular flexibility index (Phi) is 9.21. The van der Waals surface area contributed by atoms with Gasteiger partial charge < -0.3 is 24.3 Å².